The van der Waals surface area contributed by atoms with Crippen molar-refractivity contribution in [1.29, 1.82) is 5.26 Å². The monoisotopic (exact) mass is 511 g/mol. The van der Waals surface area contributed by atoms with Gasteiger partial charge in [-0.05, 0) is 30.9 Å². The molecule has 2 N–H and O–H groups in total. The Morgan fingerprint density at radius 2 is 2.14 bits per heavy atom. The number of rotatable bonds is 11. The predicted octanol–water partition coefficient (Wildman–Crippen LogP) is 2.17. The molecular formula is C25H33N7O5. The highest BCUT2D eigenvalue weighted by atomic mass is 16.5. The quantitative estimate of drug-likeness (QED) is 0.261. The maximum absolute atomic E-state index is 13.2. The van der Waals surface area contributed by atoms with Crippen molar-refractivity contribution in [3.8, 4) is 6.07 Å². The maximum atomic E-state index is 13.2. The lowest BCUT2D eigenvalue weighted by Crippen LogP contribution is -2.44. The summed E-state index contributed by atoms with van der Waals surface area (Å²) in [6.07, 6.45) is 3.24. The summed E-state index contributed by atoms with van der Waals surface area (Å²) in [5, 5.41) is 15.1. The Hall–Kier alpha value is -4.08. The Labute approximate surface area is 216 Å². The molecule has 12 nitrogen and oxygen atoms in total. The van der Waals surface area contributed by atoms with Gasteiger partial charge in [-0.25, -0.2) is 14.8 Å². The molecule has 1 fully saturated rings. The van der Waals surface area contributed by atoms with Gasteiger partial charge in [0.2, 0.25) is 5.91 Å². The van der Waals surface area contributed by atoms with E-state index in [9.17, 15) is 19.6 Å². The summed E-state index contributed by atoms with van der Waals surface area (Å²) < 4.78 is 9.89. The number of allylic oxidation sites excluding steroid dienone is 1. The number of carbonyl (C=O) groups is 3. The first-order valence-corrected chi connectivity index (χ1v) is 11.6. The number of carbonyl (C=O) groups excluding carboxylic acids is 3. The number of amides is 3. The molecule has 0 aliphatic carbocycles. The van der Waals surface area contributed by atoms with E-state index in [1.165, 1.54) is 23.1 Å². The van der Waals surface area contributed by atoms with Crippen LogP contribution in [0.2, 0.25) is 0 Å². The molecule has 0 bridgehead atoms. The van der Waals surface area contributed by atoms with Gasteiger partial charge in [0.25, 0.3) is 0 Å². The summed E-state index contributed by atoms with van der Waals surface area (Å²) in [6.45, 7) is 7.08. The summed E-state index contributed by atoms with van der Waals surface area (Å²) in [7, 11) is 4.60. The standard InChI is InChI=1S/C25H33N7O5/c1-17-7-6-9-32(24(17)29-21(15-33)18(2)14-31(3)23(34)16-37-5)25(35)30-22-11-20(27-8-10-36-4)19(12-26)13-28-22/h11,13,15H,1,6-10,14,16H2,2-5H3,(H2,27,28,30,35)/b21-18+,29-24?. The van der Waals surface area contributed by atoms with Crippen molar-refractivity contribution in [2.45, 2.75) is 19.8 Å². The Balaban J connectivity index is 2.29. The topological polar surface area (TPSA) is 149 Å². The maximum Gasteiger partial charge on any atom is 0.328 e. The third-order valence-electron chi connectivity index (χ3n) is 5.50. The fourth-order valence-electron chi connectivity index (χ4n) is 3.52. The van der Waals surface area contributed by atoms with Crippen LogP contribution in [0, 0.1) is 11.3 Å². The van der Waals surface area contributed by atoms with Crippen molar-refractivity contribution in [2.24, 2.45) is 4.99 Å². The van der Waals surface area contributed by atoms with Crippen LogP contribution in [0.1, 0.15) is 25.3 Å². The highest BCUT2D eigenvalue weighted by Crippen LogP contribution is 2.22. The Bertz CT molecular complexity index is 1120. The third kappa shape index (κ3) is 8.23. The van der Waals surface area contributed by atoms with Gasteiger partial charge in [-0.15, -0.1) is 0 Å². The predicted molar refractivity (Wildman–Crippen MR) is 139 cm³/mol. The average molecular weight is 512 g/mol. The fourth-order valence-corrected chi connectivity index (χ4v) is 3.52. The number of likely N-dealkylation sites (tertiary alicyclic amines) is 1. The SMILES string of the molecule is C=C1CCCN(C(=O)Nc2cc(NCCOC)c(C#N)cn2)C1=N/C(C=O)=C(\C)CN(C)C(=O)COC. The molecule has 2 rings (SSSR count). The van der Waals surface area contributed by atoms with E-state index in [0.717, 1.165) is 0 Å². The van der Waals surface area contributed by atoms with E-state index in [1.807, 2.05) is 0 Å². The van der Waals surface area contributed by atoms with Gasteiger partial charge in [-0.1, -0.05) is 6.58 Å². The van der Waals surface area contributed by atoms with Crippen molar-refractivity contribution in [3.05, 3.63) is 41.2 Å². The van der Waals surface area contributed by atoms with Crippen molar-refractivity contribution >= 4 is 35.6 Å². The number of anilines is 2. The van der Waals surface area contributed by atoms with Crippen LogP contribution in [0.15, 0.2) is 40.7 Å². The van der Waals surface area contributed by atoms with Crippen molar-refractivity contribution < 1.29 is 23.9 Å². The van der Waals surface area contributed by atoms with Crippen molar-refractivity contribution in [3.63, 3.8) is 0 Å². The number of piperidine rings is 1. The van der Waals surface area contributed by atoms with Gasteiger partial charge in [0.1, 0.15) is 30.0 Å². The highest BCUT2D eigenvalue weighted by Gasteiger charge is 2.27. The summed E-state index contributed by atoms with van der Waals surface area (Å²) in [6, 6.07) is 3.12. The molecule has 0 saturated carbocycles. The number of amidine groups is 1. The Morgan fingerprint density at radius 3 is 2.78 bits per heavy atom. The van der Waals surface area contributed by atoms with Crippen LogP contribution in [-0.4, -0.2) is 93.0 Å². The summed E-state index contributed by atoms with van der Waals surface area (Å²) in [5.74, 6) is 0.261. The summed E-state index contributed by atoms with van der Waals surface area (Å²) >= 11 is 0. The van der Waals surface area contributed by atoms with E-state index in [0.29, 0.717) is 61.2 Å². The highest BCUT2D eigenvalue weighted by molar-refractivity contribution is 6.11. The van der Waals surface area contributed by atoms with Crippen LogP contribution in [0.3, 0.4) is 0 Å². The van der Waals surface area contributed by atoms with Crippen LogP contribution in [0.4, 0.5) is 16.3 Å². The first kappa shape index (κ1) is 29.2. The van der Waals surface area contributed by atoms with Gasteiger partial charge in [0.15, 0.2) is 6.29 Å². The van der Waals surface area contributed by atoms with Crippen LogP contribution < -0.4 is 10.6 Å². The second-order valence-corrected chi connectivity index (χ2v) is 8.34. The first-order valence-electron chi connectivity index (χ1n) is 11.6. The molecule has 198 valence electrons. The normalized spacial score (nSPS) is 15.1. The number of ether oxygens (including phenoxy) is 2. The lowest BCUT2D eigenvalue weighted by Gasteiger charge is -2.30. The van der Waals surface area contributed by atoms with Crippen LogP contribution in [-0.2, 0) is 19.1 Å². The van der Waals surface area contributed by atoms with E-state index >= 15 is 0 Å². The number of pyridine rings is 1. The minimum Gasteiger partial charge on any atom is -0.383 e. The van der Waals surface area contributed by atoms with Gasteiger partial charge in [0, 0.05) is 53.2 Å². The van der Waals surface area contributed by atoms with Gasteiger partial charge >= 0.3 is 6.03 Å². The number of hydrogen-bond donors (Lipinski definition) is 2. The summed E-state index contributed by atoms with van der Waals surface area (Å²) in [5.41, 5.74) is 2.10. The molecule has 0 aromatic carbocycles. The van der Waals surface area contributed by atoms with E-state index < -0.39 is 6.03 Å². The van der Waals surface area contributed by atoms with Gasteiger partial charge in [-0.2, -0.15) is 5.26 Å². The minimum absolute atomic E-state index is 0.0769. The Morgan fingerprint density at radius 1 is 1.38 bits per heavy atom. The number of nitrogens with zero attached hydrogens (tertiary/aromatic N) is 5. The van der Waals surface area contributed by atoms with Gasteiger partial charge in [0.05, 0.1) is 17.9 Å². The van der Waals surface area contributed by atoms with Crippen LogP contribution in [0.25, 0.3) is 0 Å². The van der Waals surface area contributed by atoms with E-state index in [1.54, 1.807) is 27.1 Å². The van der Waals surface area contributed by atoms with E-state index in [-0.39, 0.29) is 36.4 Å². The number of aldehydes is 1. The van der Waals surface area contributed by atoms with Crippen LogP contribution in [0.5, 0.6) is 0 Å². The molecule has 2 heterocycles. The van der Waals surface area contributed by atoms with Gasteiger partial charge in [-0.3, -0.25) is 19.8 Å². The van der Waals surface area contributed by atoms with Gasteiger partial charge < -0.3 is 19.7 Å². The lowest BCUT2D eigenvalue weighted by molar-refractivity contribution is -0.133. The smallest absolute Gasteiger partial charge is 0.328 e. The second-order valence-electron chi connectivity index (χ2n) is 8.34. The molecule has 0 atom stereocenters. The molecule has 3 amide bonds. The average Bonchev–Trinajstić information content (AvgIpc) is 2.88. The second kappa shape index (κ2) is 14.5. The lowest BCUT2D eigenvalue weighted by atomic mass is 10.1. The largest absolute Gasteiger partial charge is 0.383 e. The number of urea groups is 1. The van der Waals surface area contributed by atoms with Crippen molar-refractivity contribution in [1.82, 2.24) is 14.8 Å². The molecule has 0 unspecified atom stereocenters. The molecule has 1 saturated heterocycles. The molecule has 0 radical (unpaired) electrons. The molecule has 1 aliphatic rings. The number of hydrogen-bond acceptors (Lipinski definition) is 9. The van der Waals surface area contributed by atoms with Crippen LogP contribution >= 0.6 is 0 Å². The molecule has 1 aromatic heterocycles. The number of methoxy groups -OCH3 is 2. The first-order chi connectivity index (χ1) is 17.7. The van der Waals surface area contributed by atoms with E-state index in [4.69, 9.17) is 9.47 Å². The molecular weight excluding hydrogens is 478 g/mol. The number of nitriles is 1. The zero-order valence-corrected chi connectivity index (χ0v) is 21.7. The molecule has 1 aliphatic heterocycles. The zero-order chi connectivity index (χ0) is 27.4. The number of aromatic nitrogens is 1. The summed E-state index contributed by atoms with van der Waals surface area (Å²) in [4.78, 5) is 48.6. The molecule has 1 aromatic rings. The minimum atomic E-state index is -0.505. The fraction of sp³-hybridized carbons (Fsp3) is 0.440. The zero-order valence-electron chi connectivity index (χ0n) is 21.7. The molecule has 12 heteroatoms. The number of aliphatic imine (C=N–C) groups is 1. The molecule has 0 spiro atoms. The number of nitrogens with one attached hydrogen (secondary N) is 2. The molecule has 37 heavy (non-hydrogen) atoms. The van der Waals surface area contributed by atoms with E-state index in [2.05, 4.69) is 33.3 Å². The number of likely N-dealkylation sites (N-methyl/N-ethyl adjacent to an activating group) is 1. The third-order valence-corrected chi connectivity index (χ3v) is 5.50. The van der Waals surface area contributed by atoms with Crippen molar-refractivity contribution in [2.75, 3.05) is 64.7 Å². The Kier molecular flexibility index (Phi) is 11.4.